The Hall–Kier alpha value is -6.56. The number of para-hydroxylation sites is 2. The lowest BCUT2D eigenvalue weighted by Gasteiger charge is -2.45. The number of nitrogens with two attached hydrogens (primary N) is 1. The number of hydrogen-bond acceptors (Lipinski definition) is 19. The molecular formula is C59H85N10O16+. The number of rotatable bonds is 30. The molecule has 0 saturated carbocycles. The molecule has 2 aromatic carbocycles. The van der Waals surface area contributed by atoms with Gasteiger partial charge in [0.1, 0.15) is 67.6 Å². The second-order valence-electron chi connectivity index (χ2n) is 22.9. The van der Waals surface area contributed by atoms with Gasteiger partial charge < -0.3 is 86.6 Å². The Bertz CT molecular complexity index is 2870. The molecule has 1 aromatic heterocycles. The van der Waals surface area contributed by atoms with E-state index in [1.54, 1.807) is 0 Å². The van der Waals surface area contributed by atoms with Crippen molar-refractivity contribution in [3.63, 3.8) is 0 Å². The number of unbranched alkanes of at least 4 members (excludes halogenated alkanes) is 3. The van der Waals surface area contributed by atoms with Crippen molar-refractivity contribution < 1.29 is 83.2 Å². The summed E-state index contributed by atoms with van der Waals surface area (Å²) in [5, 5.41) is 90.4. The van der Waals surface area contributed by atoms with Crippen LogP contribution in [0.3, 0.4) is 0 Å². The van der Waals surface area contributed by atoms with Crippen molar-refractivity contribution in [3.05, 3.63) is 95.5 Å². The predicted octanol–water partition coefficient (Wildman–Crippen LogP) is -0.808. The number of allylic oxidation sites excluding steroid dienone is 4. The number of aliphatic hydroxyl groups excluding tert-OH is 7. The summed E-state index contributed by atoms with van der Waals surface area (Å²) in [4.78, 5) is 65.6. The number of hydrogen-bond donors (Lipinski definition) is 12. The fraction of sp³-hybridized carbons (Fsp3) is 0.593. The van der Waals surface area contributed by atoms with Gasteiger partial charge in [-0.3, -0.25) is 24.0 Å². The standard InChI is InChI=1S/C59H84N10O16/c1-58(2)36-16-8-10-18-39(36)67(5)43(58)20-15-21-44-59(3,4)37-17-9-11-19-40(37)69(44)27-14-12-22-46(73)61-26-13-6-7-23-48(75)64-38(55(81)63-31-45(60)72)24-25-47(74)62-30-35-32-68(66-65-35)28-29-82-56-53(80)51(78)54(42(34-71)84-56)85-57-52(79)50(77)49(76)41(33-70)83-57/h8-11,15-21,32,38,41-42,49-54,56-57,70-71,76-80H,6-7,12-14,22-31,33-34H2,1-5H3,(H5-,60,61,62,63,64,72,73,74,75,81)/p+1/t38?,41-,42-,49+,50+,51-,52-,53-,54-,56-,57+/m1/s1. The molecule has 0 aliphatic carbocycles. The van der Waals surface area contributed by atoms with Gasteiger partial charge in [-0.25, -0.2) is 4.68 Å². The van der Waals surface area contributed by atoms with E-state index < -0.39 is 111 Å². The van der Waals surface area contributed by atoms with Gasteiger partial charge in [-0.15, -0.1) is 5.10 Å². The van der Waals surface area contributed by atoms with Crippen LogP contribution in [-0.4, -0.2) is 205 Å². The lowest BCUT2D eigenvalue weighted by Crippen LogP contribution is -2.64. The molecule has 2 fully saturated rings. The van der Waals surface area contributed by atoms with Gasteiger partial charge in [-0.2, -0.15) is 4.58 Å². The zero-order valence-electron chi connectivity index (χ0n) is 48.9. The van der Waals surface area contributed by atoms with E-state index in [9.17, 15) is 59.7 Å². The SMILES string of the molecule is C[N+]1=C(/C=C/C=C2\N(CCCCC(=O)NCCCCCC(=O)NC(CCC(=O)NCc3cn(CCO[C@@H]4O[C@H](CO)[C@@H](O[C@@H]5O[C@H](CO)[C@H](O)[C@H](O)[C@H]5O)[C@H](O)[C@H]4O)nn3)C(=O)NCC(N)=O)c3ccccc3C2(C)C)C(C)(C)c2ccccc21. The van der Waals surface area contributed by atoms with Crippen LogP contribution in [0.15, 0.2) is 78.7 Å². The number of aliphatic hydroxyl groups is 7. The van der Waals surface area contributed by atoms with Gasteiger partial charge in [0.15, 0.2) is 18.3 Å². The average molecular weight is 1190 g/mol. The maximum Gasteiger partial charge on any atom is 0.243 e. The van der Waals surface area contributed by atoms with Crippen LogP contribution in [0.2, 0.25) is 0 Å². The molecule has 85 heavy (non-hydrogen) atoms. The molecule has 466 valence electrons. The molecular weight excluding hydrogens is 1100 g/mol. The lowest BCUT2D eigenvalue weighted by atomic mass is 9.81. The van der Waals surface area contributed by atoms with E-state index in [4.69, 9.17) is 24.7 Å². The lowest BCUT2D eigenvalue weighted by molar-refractivity contribution is -0.401. The van der Waals surface area contributed by atoms with Gasteiger partial charge in [0.2, 0.25) is 35.2 Å². The van der Waals surface area contributed by atoms with Gasteiger partial charge in [0, 0.05) is 66.9 Å². The molecule has 3 aromatic rings. The molecule has 5 heterocycles. The van der Waals surface area contributed by atoms with E-state index >= 15 is 0 Å². The summed E-state index contributed by atoms with van der Waals surface area (Å²) in [5.41, 5.74) is 12.6. The molecule has 0 bridgehead atoms. The molecule has 26 heteroatoms. The zero-order valence-corrected chi connectivity index (χ0v) is 48.9. The summed E-state index contributed by atoms with van der Waals surface area (Å²) >= 11 is 0. The Morgan fingerprint density at radius 2 is 1.42 bits per heavy atom. The molecule has 0 radical (unpaired) electrons. The van der Waals surface area contributed by atoms with E-state index in [-0.39, 0.29) is 55.7 Å². The van der Waals surface area contributed by atoms with Crippen LogP contribution >= 0.6 is 0 Å². The first-order chi connectivity index (χ1) is 40.6. The molecule has 13 N–H and O–H groups in total. The third-order valence-corrected chi connectivity index (χ3v) is 16.1. The smallest absolute Gasteiger partial charge is 0.243 e. The third kappa shape index (κ3) is 16.5. The van der Waals surface area contributed by atoms with Gasteiger partial charge in [0.05, 0.1) is 51.1 Å². The summed E-state index contributed by atoms with van der Waals surface area (Å²) < 4.78 is 25.8. The van der Waals surface area contributed by atoms with Crippen molar-refractivity contribution in [3.8, 4) is 0 Å². The van der Waals surface area contributed by atoms with Crippen LogP contribution in [-0.2, 0) is 66.8 Å². The van der Waals surface area contributed by atoms with Gasteiger partial charge >= 0.3 is 0 Å². The number of nitrogens with zero attached hydrogens (tertiary/aromatic N) is 5. The number of aromatic nitrogens is 3. The molecule has 0 spiro atoms. The monoisotopic (exact) mass is 1190 g/mol. The minimum atomic E-state index is -1.81. The maximum absolute atomic E-state index is 13.0. The zero-order chi connectivity index (χ0) is 61.6. The molecule has 5 amide bonds. The Morgan fingerprint density at radius 1 is 0.753 bits per heavy atom. The predicted molar refractivity (Wildman–Crippen MR) is 307 cm³/mol. The van der Waals surface area contributed by atoms with Gasteiger partial charge in [-0.05, 0) is 63.7 Å². The highest BCUT2D eigenvalue weighted by atomic mass is 16.7. The van der Waals surface area contributed by atoms with E-state index in [0.717, 1.165) is 13.0 Å². The first-order valence-corrected chi connectivity index (χ1v) is 29.0. The molecule has 7 rings (SSSR count). The molecule has 4 aliphatic heterocycles. The highest BCUT2D eigenvalue weighted by Crippen LogP contribution is 2.48. The topological polar surface area (TPSA) is 375 Å². The fourth-order valence-corrected chi connectivity index (χ4v) is 11.2. The molecule has 26 nitrogen and oxygen atoms in total. The van der Waals surface area contributed by atoms with E-state index in [1.165, 1.54) is 44.8 Å². The number of amides is 5. The third-order valence-electron chi connectivity index (χ3n) is 16.1. The van der Waals surface area contributed by atoms with Crippen molar-refractivity contribution in [2.75, 3.05) is 51.4 Å². The van der Waals surface area contributed by atoms with Crippen molar-refractivity contribution in [1.82, 2.24) is 36.3 Å². The highest BCUT2D eigenvalue weighted by Gasteiger charge is 2.51. The Morgan fingerprint density at radius 3 is 2.15 bits per heavy atom. The summed E-state index contributed by atoms with van der Waals surface area (Å²) in [6.45, 7) is 8.14. The van der Waals surface area contributed by atoms with Crippen LogP contribution in [0.5, 0.6) is 0 Å². The number of primary amides is 1. The second kappa shape index (κ2) is 30.2. The first-order valence-electron chi connectivity index (χ1n) is 29.0. The molecule has 2 saturated heterocycles. The summed E-state index contributed by atoms with van der Waals surface area (Å²) in [6, 6.07) is 15.9. The minimum absolute atomic E-state index is 0.0402. The van der Waals surface area contributed by atoms with Crippen LogP contribution in [0.1, 0.15) is 102 Å². The number of fused-ring (bicyclic) bond motifs is 2. The molecule has 4 aliphatic rings. The van der Waals surface area contributed by atoms with Crippen molar-refractivity contribution in [2.24, 2.45) is 5.73 Å². The number of carbonyl (C=O) groups is 5. The van der Waals surface area contributed by atoms with E-state index in [2.05, 4.69) is 143 Å². The molecule has 11 atom stereocenters. The fourth-order valence-electron chi connectivity index (χ4n) is 11.2. The van der Waals surface area contributed by atoms with Crippen molar-refractivity contribution in [1.29, 1.82) is 0 Å². The number of nitrogens with one attached hydrogen (secondary N) is 4. The van der Waals surface area contributed by atoms with Crippen LogP contribution in [0.4, 0.5) is 11.4 Å². The van der Waals surface area contributed by atoms with Gasteiger partial charge in [0.25, 0.3) is 0 Å². The Balaban J connectivity index is 0.778. The van der Waals surface area contributed by atoms with Crippen LogP contribution in [0.25, 0.3) is 0 Å². The van der Waals surface area contributed by atoms with Crippen LogP contribution < -0.4 is 31.9 Å². The number of carbonyl (C=O) groups excluding carboxylic acids is 5. The Labute approximate surface area is 494 Å². The van der Waals surface area contributed by atoms with E-state index in [0.29, 0.717) is 44.3 Å². The van der Waals surface area contributed by atoms with Crippen molar-refractivity contribution >= 4 is 46.6 Å². The Kier molecular flexibility index (Phi) is 23.4. The average Bonchev–Trinajstić information content (AvgIpc) is 2.16. The number of anilines is 1. The first kappa shape index (κ1) is 66.0. The van der Waals surface area contributed by atoms with Gasteiger partial charge in [-0.1, -0.05) is 68.0 Å². The minimum Gasteiger partial charge on any atom is -0.394 e. The van der Waals surface area contributed by atoms with E-state index in [1.807, 2.05) is 0 Å². The quantitative estimate of drug-likeness (QED) is 0.0287. The van der Waals surface area contributed by atoms with Crippen molar-refractivity contribution in [2.45, 2.75) is 177 Å². The van der Waals surface area contributed by atoms with Crippen LogP contribution in [0, 0.1) is 0 Å². The normalized spacial score (nSPS) is 25.8. The molecule has 1 unspecified atom stereocenters. The number of benzene rings is 2. The summed E-state index contributed by atoms with van der Waals surface area (Å²) in [7, 11) is 2.12. The number of ether oxygens (including phenoxy) is 4. The summed E-state index contributed by atoms with van der Waals surface area (Å²) in [6.07, 6.45) is -4.46. The summed E-state index contributed by atoms with van der Waals surface area (Å²) in [5.74, 6) is -2.44. The second-order valence-corrected chi connectivity index (χ2v) is 22.9. The largest absolute Gasteiger partial charge is 0.394 e. The highest BCUT2D eigenvalue weighted by molar-refractivity contribution is 6.03. The maximum atomic E-state index is 13.0.